The maximum atomic E-state index is 11.9. The Hall–Kier alpha value is -2.17. The topological polar surface area (TPSA) is 88.2 Å². The molecule has 1 amide bonds. The lowest BCUT2D eigenvalue weighted by molar-refractivity contribution is 0.102. The zero-order chi connectivity index (χ0) is 13.8. The first kappa shape index (κ1) is 13.3. The summed E-state index contributed by atoms with van der Waals surface area (Å²) in [6.45, 7) is 3.31. The molecule has 0 aliphatic heterocycles. The highest BCUT2D eigenvalue weighted by molar-refractivity contribution is 7.14. The van der Waals surface area contributed by atoms with Crippen LogP contribution in [0, 0.1) is 25.7 Å². The van der Waals surface area contributed by atoms with Crippen LogP contribution in [0.5, 0.6) is 0 Å². The minimum Gasteiger partial charge on any atom is -0.384 e. The number of aliphatic hydroxyl groups is 1. The van der Waals surface area contributed by atoms with Crippen molar-refractivity contribution in [3.8, 4) is 11.8 Å². The summed E-state index contributed by atoms with van der Waals surface area (Å²) in [6.07, 6.45) is 0. The van der Waals surface area contributed by atoms with Crippen molar-refractivity contribution < 1.29 is 14.4 Å². The average molecular weight is 277 g/mol. The van der Waals surface area contributed by atoms with Gasteiger partial charge in [-0.3, -0.25) is 10.1 Å². The van der Waals surface area contributed by atoms with Crippen LogP contribution in [0.15, 0.2) is 10.6 Å². The number of nitrogens with one attached hydrogen (secondary N) is 1. The van der Waals surface area contributed by atoms with E-state index in [1.54, 1.807) is 13.0 Å². The minimum absolute atomic E-state index is 0.0662. The third kappa shape index (κ3) is 3.19. The SMILES string of the molecule is Cc1noc(NC(=O)c2cc(C)c(C#CCO)s2)n1. The summed E-state index contributed by atoms with van der Waals surface area (Å²) in [5.74, 6) is 5.47. The lowest BCUT2D eigenvalue weighted by atomic mass is 10.2. The number of aromatic nitrogens is 2. The van der Waals surface area contributed by atoms with E-state index in [0.717, 1.165) is 10.4 Å². The van der Waals surface area contributed by atoms with Gasteiger partial charge in [-0.25, -0.2) is 0 Å². The van der Waals surface area contributed by atoms with Gasteiger partial charge in [0.05, 0.1) is 9.75 Å². The third-order valence-corrected chi connectivity index (χ3v) is 3.32. The van der Waals surface area contributed by atoms with Gasteiger partial charge in [-0.15, -0.1) is 11.3 Å². The van der Waals surface area contributed by atoms with Gasteiger partial charge in [0.25, 0.3) is 5.91 Å². The van der Waals surface area contributed by atoms with Crippen molar-refractivity contribution in [1.29, 1.82) is 0 Å². The van der Waals surface area contributed by atoms with Crippen molar-refractivity contribution in [3.05, 3.63) is 27.2 Å². The largest absolute Gasteiger partial charge is 0.384 e. The maximum absolute atomic E-state index is 11.9. The summed E-state index contributed by atoms with van der Waals surface area (Å²) in [7, 11) is 0. The second kappa shape index (κ2) is 5.65. The van der Waals surface area contributed by atoms with E-state index in [1.807, 2.05) is 6.92 Å². The van der Waals surface area contributed by atoms with Gasteiger partial charge < -0.3 is 9.63 Å². The number of hydrogen-bond acceptors (Lipinski definition) is 6. The zero-order valence-electron chi connectivity index (χ0n) is 10.4. The molecule has 2 rings (SSSR count). The second-order valence-corrected chi connectivity index (χ2v) is 4.74. The fourth-order valence-electron chi connectivity index (χ4n) is 1.34. The number of carbonyl (C=O) groups excluding carboxylic acids is 1. The monoisotopic (exact) mass is 277 g/mol. The first-order valence-corrected chi connectivity index (χ1v) is 6.23. The smallest absolute Gasteiger partial charge is 0.328 e. The van der Waals surface area contributed by atoms with Crippen molar-refractivity contribution in [3.63, 3.8) is 0 Å². The molecule has 0 unspecified atom stereocenters. The summed E-state index contributed by atoms with van der Waals surface area (Å²) in [6, 6.07) is 1.79. The molecule has 0 aliphatic rings. The van der Waals surface area contributed by atoms with Crippen molar-refractivity contribution in [2.75, 3.05) is 11.9 Å². The van der Waals surface area contributed by atoms with Gasteiger partial charge in [0.2, 0.25) is 0 Å². The molecule has 0 saturated carbocycles. The van der Waals surface area contributed by atoms with Gasteiger partial charge in [0, 0.05) is 0 Å². The fourth-order valence-corrected chi connectivity index (χ4v) is 2.29. The number of aryl methyl sites for hydroxylation is 2. The zero-order valence-corrected chi connectivity index (χ0v) is 11.2. The number of rotatable bonds is 2. The third-order valence-electron chi connectivity index (χ3n) is 2.17. The molecule has 0 spiro atoms. The van der Waals surface area contributed by atoms with E-state index < -0.39 is 0 Å². The van der Waals surface area contributed by atoms with E-state index in [-0.39, 0.29) is 18.5 Å². The Kier molecular flexibility index (Phi) is 3.94. The lowest BCUT2D eigenvalue weighted by Gasteiger charge is -1.94. The molecular weight excluding hydrogens is 266 g/mol. The number of hydrogen-bond donors (Lipinski definition) is 2. The molecule has 0 bridgehead atoms. The lowest BCUT2D eigenvalue weighted by Crippen LogP contribution is -2.10. The highest BCUT2D eigenvalue weighted by Gasteiger charge is 2.14. The summed E-state index contributed by atoms with van der Waals surface area (Å²) in [5.41, 5.74) is 0.887. The van der Waals surface area contributed by atoms with Gasteiger partial charge in [-0.1, -0.05) is 17.0 Å². The highest BCUT2D eigenvalue weighted by Crippen LogP contribution is 2.21. The van der Waals surface area contributed by atoms with Crippen LogP contribution in [0.25, 0.3) is 0 Å². The second-order valence-electron chi connectivity index (χ2n) is 3.68. The fraction of sp³-hybridized carbons (Fsp3) is 0.250. The molecule has 6 nitrogen and oxygen atoms in total. The first-order chi connectivity index (χ1) is 9.10. The van der Waals surface area contributed by atoms with Crippen LogP contribution < -0.4 is 5.32 Å². The van der Waals surface area contributed by atoms with Crippen LogP contribution in [-0.2, 0) is 0 Å². The summed E-state index contributed by atoms with van der Waals surface area (Å²) < 4.78 is 4.81. The standard InChI is InChI=1S/C12H11N3O3S/c1-7-6-10(19-9(7)4-3-5-16)11(17)14-12-13-8(2)15-18-12/h6,16H,5H2,1-2H3,(H,13,14,15,17). The molecule has 0 fully saturated rings. The number of amides is 1. The van der Waals surface area contributed by atoms with Gasteiger partial charge in [0.15, 0.2) is 5.82 Å². The van der Waals surface area contributed by atoms with E-state index in [1.165, 1.54) is 11.3 Å². The molecule has 0 atom stereocenters. The van der Waals surface area contributed by atoms with Gasteiger partial charge in [0.1, 0.15) is 6.61 Å². The van der Waals surface area contributed by atoms with Crippen LogP contribution in [0.1, 0.15) is 25.9 Å². The molecule has 0 radical (unpaired) electrons. The molecule has 2 aromatic rings. The summed E-state index contributed by atoms with van der Waals surface area (Å²) >= 11 is 1.25. The van der Waals surface area contributed by atoms with E-state index in [2.05, 4.69) is 27.3 Å². The number of carbonyl (C=O) groups is 1. The molecule has 7 heteroatoms. The van der Waals surface area contributed by atoms with E-state index in [0.29, 0.717) is 10.7 Å². The molecule has 2 aromatic heterocycles. The Labute approximate surface area is 113 Å². The van der Waals surface area contributed by atoms with Crippen molar-refractivity contribution in [2.24, 2.45) is 0 Å². The van der Waals surface area contributed by atoms with E-state index in [4.69, 9.17) is 9.63 Å². The normalized spacial score (nSPS) is 9.84. The molecular formula is C12H11N3O3S. The van der Waals surface area contributed by atoms with Crippen LogP contribution in [0.4, 0.5) is 6.01 Å². The van der Waals surface area contributed by atoms with E-state index in [9.17, 15) is 4.79 Å². The minimum atomic E-state index is -0.325. The first-order valence-electron chi connectivity index (χ1n) is 5.42. The van der Waals surface area contributed by atoms with E-state index >= 15 is 0 Å². The van der Waals surface area contributed by atoms with Crippen molar-refractivity contribution in [1.82, 2.24) is 10.1 Å². The molecule has 98 valence electrons. The predicted octanol–water partition coefficient (Wildman–Crippen LogP) is 1.34. The number of aliphatic hydroxyl groups excluding tert-OH is 1. The van der Waals surface area contributed by atoms with Crippen LogP contribution in [0.3, 0.4) is 0 Å². The Morgan fingerprint density at radius 2 is 2.37 bits per heavy atom. The number of nitrogens with zero attached hydrogens (tertiary/aromatic N) is 2. The number of thiophene rings is 1. The number of anilines is 1. The Morgan fingerprint density at radius 3 is 3.00 bits per heavy atom. The molecule has 2 N–H and O–H groups in total. The van der Waals surface area contributed by atoms with Gasteiger partial charge >= 0.3 is 6.01 Å². The van der Waals surface area contributed by atoms with Crippen LogP contribution in [-0.4, -0.2) is 27.8 Å². The van der Waals surface area contributed by atoms with Crippen molar-refractivity contribution in [2.45, 2.75) is 13.8 Å². The molecule has 19 heavy (non-hydrogen) atoms. The summed E-state index contributed by atoms with van der Waals surface area (Å²) in [5, 5.41) is 14.7. The Balaban J connectivity index is 2.15. The maximum Gasteiger partial charge on any atom is 0.328 e. The highest BCUT2D eigenvalue weighted by atomic mass is 32.1. The quantitative estimate of drug-likeness (QED) is 0.809. The van der Waals surface area contributed by atoms with Gasteiger partial charge in [-0.2, -0.15) is 4.98 Å². The molecule has 0 aromatic carbocycles. The molecule has 0 saturated heterocycles. The molecule has 2 heterocycles. The Morgan fingerprint density at radius 1 is 1.58 bits per heavy atom. The van der Waals surface area contributed by atoms with Crippen LogP contribution >= 0.6 is 11.3 Å². The predicted molar refractivity (Wildman–Crippen MR) is 70.0 cm³/mol. The molecule has 0 aliphatic carbocycles. The average Bonchev–Trinajstić information content (AvgIpc) is 2.93. The van der Waals surface area contributed by atoms with Crippen molar-refractivity contribution >= 4 is 23.3 Å². The van der Waals surface area contributed by atoms with Crippen LogP contribution in [0.2, 0.25) is 0 Å². The Bertz CT molecular complexity index is 663. The van der Waals surface area contributed by atoms with Gasteiger partial charge in [-0.05, 0) is 25.5 Å². The summed E-state index contributed by atoms with van der Waals surface area (Å²) in [4.78, 5) is 17.1.